The summed E-state index contributed by atoms with van der Waals surface area (Å²) >= 11 is 1.60. The van der Waals surface area contributed by atoms with Gasteiger partial charge in [-0.25, -0.2) is 4.68 Å². The highest BCUT2D eigenvalue weighted by molar-refractivity contribution is 7.99. The average Bonchev–Trinajstić information content (AvgIpc) is 3.34. The maximum Gasteiger partial charge on any atom is 0.255 e. The largest absolute Gasteiger partial charge is 0.493 e. The summed E-state index contributed by atoms with van der Waals surface area (Å²) in [6.45, 7) is 8.88. The quantitative estimate of drug-likeness (QED) is 0.175. The lowest BCUT2D eigenvalue weighted by Gasteiger charge is -2.29. The molecule has 39 heavy (non-hydrogen) atoms. The molecule has 0 saturated heterocycles. The second-order valence-corrected chi connectivity index (χ2v) is 10.8. The zero-order chi connectivity index (χ0) is 27.8. The number of unbranched alkanes of at least 4 members (excludes halogenated alkanes) is 3. The maximum absolute atomic E-state index is 13.8. The smallest absolute Gasteiger partial charge is 0.255 e. The van der Waals surface area contributed by atoms with Gasteiger partial charge < -0.3 is 20.1 Å². The van der Waals surface area contributed by atoms with Gasteiger partial charge in [-0.15, -0.1) is 5.10 Å². The number of thioether (sulfide) groups is 1. The molecule has 2 heterocycles. The van der Waals surface area contributed by atoms with E-state index in [9.17, 15) is 4.79 Å². The number of hydrogen-bond acceptors (Lipinski definition) is 7. The molecule has 1 amide bonds. The number of rotatable bonds is 13. The zero-order valence-corrected chi connectivity index (χ0v) is 24.4. The number of nitrogens with one attached hydrogen (secondary N) is 2. The standard InChI is InChI=1S/C30H39N5O3S/c1-6-8-9-10-17-38-24-16-13-22(19-25(24)37-5)27-26(28(36)32-23-14-11-20(3)12-15-23)21(4)31-29-33-30(34-35(27)29)39-18-7-2/h11-16,19,27H,6-10,17-18H2,1-5H3,(H,32,36)(H,31,33,34). The van der Waals surface area contributed by atoms with Crippen molar-refractivity contribution in [3.8, 4) is 11.5 Å². The summed E-state index contributed by atoms with van der Waals surface area (Å²) in [6.07, 6.45) is 5.54. The van der Waals surface area contributed by atoms with E-state index in [1.54, 1.807) is 23.6 Å². The molecule has 1 aromatic heterocycles. The van der Waals surface area contributed by atoms with Crippen molar-refractivity contribution in [2.75, 3.05) is 30.1 Å². The maximum atomic E-state index is 13.8. The number of carbonyl (C=O) groups excluding carboxylic acids is 1. The van der Waals surface area contributed by atoms with Gasteiger partial charge in [0.15, 0.2) is 11.5 Å². The van der Waals surface area contributed by atoms with Gasteiger partial charge in [-0.05, 0) is 56.5 Å². The zero-order valence-electron chi connectivity index (χ0n) is 23.5. The number of methoxy groups -OCH3 is 1. The van der Waals surface area contributed by atoms with Gasteiger partial charge in [0.05, 0.1) is 19.3 Å². The number of fused-ring (bicyclic) bond motifs is 1. The molecule has 2 N–H and O–H groups in total. The second-order valence-electron chi connectivity index (χ2n) is 9.72. The first-order chi connectivity index (χ1) is 18.9. The Morgan fingerprint density at radius 2 is 1.85 bits per heavy atom. The molecule has 8 nitrogen and oxygen atoms in total. The van der Waals surface area contributed by atoms with Crippen LogP contribution in [0.15, 0.2) is 58.9 Å². The van der Waals surface area contributed by atoms with Crippen molar-refractivity contribution in [1.29, 1.82) is 0 Å². The van der Waals surface area contributed by atoms with Crippen LogP contribution in [0.2, 0.25) is 0 Å². The fourth-order valence-electron chi connectivity index (χ4n) is 4.51. The van der Waals surface area contributed by atoms with Crippen LogP contribution in [-0.2, 0) is 4.79 Å². The fourth-order valence-corrected chi connectivity index (χ4v) is 5.19. The van der Waals surface area contributed by atoms with Crippen LogP contribution in [0.3, 0.4) is 0 Å². The fraction of sp³-hybridized carbons (Fsp3) is 0.433. The van der Waals surface area contributed by atoms with Crippen molar-refractivity contribution >= 4 is 29.3 Å². The second kappa shape index (κ2) is 13.6. The molecule has 4 rings (SSSR count). The lowest BCUT2D eigenvalue weighted by molar-refractivity contribution is -0.113. The van der Waals surface area contributed by atoms with E-state index in [1.165, 1.54) is 12.8 Å². The molecule has 0 bridgehead atoms. The van der Waals surface area contributed by atoms with E-state index >= 15 is 0 Å². The Morgan fingerprint density at radius 3 is 2.56 bits per heavy atom. The van der Waals surface area contributed by atoms with Gasteiger partial charge in [0.2, 0.25) is 11.1 Å². The van der Waals surface area contributed by atoms with Crippen LogP contribution in [0.25, 0.3) is 0 Å². The highest BCUT2D eigenvalue weighted by atomic mass is 32.2. The first-order valence-electron chi connectivity index (χ1n) is 13.7. The third kappa shape index (κ3) is 6.95. The minimum absolute atomic E-state index is 0.201. The number of benzene rings is 2. The summed E-state index contributed by atoms with van der Waals surface area (Å²) in [5.74, 6) is 2.64. The predicted octanol–water partition coefficient (Wildman–Crippen LogP) is 6.98. The van der Waals surface area contributed by atoms with Crippen LogP contribution in [-0.4, -0.2) is 40.1 Å². The number of nitrogens with zero attached hydrogens (tertiary/aromatic N) is 3. The number of aryl methyl sites for hydroxylation is 1. The van der Waals surface area contributed by atoms with Gasteiger partial charge in [-0.1, -0.05) is 68.6 Å². The van der Waals surface area contributed by atoms with Crippen LogP contribution in [0, 0.1) is 6.92 Å². The van der Waals surface area contributed by atoms with Gasteiger partial charge in [0.1, 0.15) is 6.04 Å². The van der Waals surface area contributed by atoms with E-state index in [2.05, 4.69) is 24.5 Å². The van der Waals surface area contributed by atoms with Crippen molar-refractivity contribution in [1.82, 2.24) is 14.8 Å². The van der Waals surface area contributed by atoms with Crippen molar-refractivity contribution in [3.05, 3.63) is 64.9 Å². The van der Waals surface area contributed by atoms with E-state index in [-0.39, 0.29) is 5.91 Å². The molecule has 1 atom stereocenters. The van der Waals surface area contributed by atoms with Crippen LogP contribution >= 0.6 is 11.8 Å². The predicted molar refractivity (Wildman–Crippen MR) is 158 cm³/mol. The van der Waals surface area contributed by atoms with Crippen molar-refractivity contribution in [2.45, 2.75) is 71.0 Å². The number of ether oxygens (including phenoxy) is 2. The van der Waals surface area contributed by atoms with Gasteiger partial charge in [0.25, 0.3) is 5.91 Å². The molecule has 0 radical (unpaired) electrons. The van der Waals surface area contributed by atoms with Gasteiger partial charge >= 0.3 is 0 Å². The Kier molecular flexibility index (Phi) is 9.92. The molecular formula is C30H39N5O3S. The number of anilines is 2. The molecule has 0 saturated carbocycles. The van der Waals surface area contributed by atoms with E-state index in [4.69, 9.17) is 19.6 Å². The third-order valence-corrected chi connectivity index (χ3v) is 7.62. The molecule has 3 aromatic rings. The van der Waals surface area contributed by atoms with E-state index in [0.29, 0.717) is 34.8 Å². The Hall–Kier alpha value is -3.46. The lowest BCUT2D eigenvalue weighted by atomic mass is 9.94. The first-order valence-corrected chi connectivity index (χ1v) is 14.7. The highest BCUT2D eigenvalue weighted by Gasteiger charge is 2.35. The monoisotopic (exact) mass is 549 g/mol. The van der Waals surface area contributed by atoms with E-state index < -0.39 is 6.04 Å². The third-order valence-electron chi connectivity index (χ3n) is 6.58. The topological polar surface area (TPSA) is 90.3 Å². The van der Waals surface area contributed by atoms with Crippen molar-refractivity contribution in [2.24, 2.45) is 0 Å². The number of aromatic nitrogens is 3. The Bertz CT molecular complexity index is 1300. The highest BCUT2D eigenvalue weighted by Crippen LogP contribution is 2.40. The Morgan fingerprint density at radius 1 is 1.05 bits per heavy atom. The molecular weight excluding hydrogens is 510 g/mol. The normalized spacial score (nSPS) is 14.5. The summed E-state index contributed by atoms with van der Waals surface area (Å²) in [4.78, 5) is 18.5. The summed E-state index contributed by atoms with van der Waals surface area (Å²) in [5, 5.41) is 11.9. The summed E-state index contributed by atoms with van der Waals surface area (Å²) in [7, 11) is 1.64. The SMILES string of the molecule is CCCCCCOc1ccc(C2C(C(=O)Nc3ccc(C)cc3)=C(C)Nc3nc(SCCC)nn32)cc1OC. The molecule has 9 heteroatoms. The first kappa shape index (κ1) is 28.5. The summed E-state index contributed by atoms with van der Waals surface area (Å²) in [5.41, 5.74) is 4.02. The van der Waals surface area contributed by atoms with Crippen LogP contribution in [0.5, 0.6) is 11.5 Å². The molecule has 1 aliphatic rings. The summed E-state index contributed by atoms with van der Waals surface area (Å²) < 4.78 is 13.6. The summed E-state index contributed by atoms with van der Waals surface area (Å²) in [6, 6.07) is 13.1. The Labute approximate surface area is 235 Å². The molecule has 0 spiro atoms. The number of carbonyl (C=O) groups is 1. The van der Waals surface area contributed by atoms with Crippen LogP contribution < -0.4 is 20.1 Å². The molecule has 1 aliphatic heterocycles. The molecule has 1 unspecified atom stereocenters. The van der Waals surface area contributed by atoms with Gasteiger partial charge in [0, 0.05) is 17.1 Å². The number of hydrogen-bond donors (Lipinski definition) is 2. The number of allylic oxidation sites excluding steroid dienone is 1. The van der Waals surface area contributed by atoms with Crippen LogP contribution in [0.1, 0.15) is 70.0 Å². The van der Waals surface area contributed by atoms with Crippen molar-refractivity contribution < 1.29 is 14.3 Å². The van der Waals surface area contributed by atoms with Crippen molar-refractivity contribution in [3.63, 3.8) is 0 Å². The lowest BCUT2D eigenvalue weighted by Crippen LogP contribution is -2.31. The molecule has 2 aromatic carbocycles. The average molecular weight is 550 g/mol. The minimum Gasteiger partial charge on any atom is -0.493 e. The molecule has 208 valence electrons. The number of amides is 1. The van der Waals surface area contributed by atoms with E-state index in [1.807, 2.05) is 56.3 Å². The Balaban J connectivity index is 1.69. The molecule has 0 aliphatic carbocycles. The van der Waals surface area contributed by atoms with Gasteiger partial charge in [-0.2, -0.15) is 4.98 Å². The minimum atomic E-state index is -0.498. The van der Waals surface area contributed by atoms with Crippen LogP contribution in [0.4, 0.5) is 11.6 Å². The van der Waals surface area contributed by atoms with Gasteiger partial charge in [-0.3, -0.25) is 4.79 Å². The molecule has 0 fully saturated rings. The van der Waals surface area contributed by atoms with E-state index in [0.717, 1.165) is 47.5 Å².